The summed E-state index contributed by atoms with van der Waals surface area (Å²) >= 11 is 0. The highest BCUT2D eigenvalue weighted by Gasteiger charge is 2.01. The molecule has 0 aliphatic heterocycles. The first kappa shape index (κ1) is 15.0. The van der Waals surface area contributed by atoms with Gasteiger partial charge in [-0.2, -0.15) is 0 Å². The van der Waals surface area contributed by atoms with Gasteiger partial charge in [0.25, 0.3) is 5.56 Å². The standard InChI is InChI=1S/C13H12FNO2.C2H6/c1-17-12-5-3-11(4-6-12)15-9-10(8-14)2-7-13(15)16;1-2/h2-7,9H,8H2,1H3;1-2H3. The summed E-state index contributed by atoms with van der Waals surface area (Å²) in [6, 6.07) is 9.86. The molecule has 0 aliphatic rings. The average Bonchev–Trinajstić information content (AvgIpc) is 2.50. The van der Waals surface area contributed by atoms with Gasteiger partial charge < -0.3 is 4.74 Å². The molecular formula is C15H18FNO2. The van der Waals surface area contributed by atoms with E-state index in [-0.39, 0.29) is 5.56 Å². The lowest BCUT2D eigenvalue weighted by Gasteiger charge is -2.07. The number of pyridine rings is 1. The van der Waals surface area contributed by atoms with Crippen LogP contribution in [0, 0.1) is 0 Å². The number of halogens is 1. The molecular weight excluding hydrogens is 245 g/mol. The van der Waals surface area contributed by atoms with Crippen LogP contribution in [-0.4, -0.2) is 11.7 Å². The van der Waals surface area contributed by atoms with Crippen molar-refractivity contribution in [1.29, 1.82) is 0 Å². The molecule has 0 spiro atoms. The van der Waals surface area contributed by atoms with Crippen LogP contribution in [0.2, 0.25) is 0 Å². The molecule has 19 heavy (non-hydrogen) atoms. The molecule has 0 saturated carbocycles. The lowest BCUT2D eigenvalue weighted by molar-refractivity contribution is 0.414. The zero-order valence-corrected chi connectivity index (χ0v) is 11.4. The number of aromatic nitrogens is 1. The summed E-state index contributed by atoms with van der Waals surface area (Å²) in [6.07, 6.45) is 1.50. The molecule has 4 heteroatoms. The lowest BCUT2D eigenvalue weighted by Crippen LogP contribution is -2.16. The second-order valence-corrected chi connectivity index (χ2v) is 3.58. The van der Waals surface area contributed by atoms with Crippen molar-refractivity contribution in [2.24, 2.45) is 0 Å². The van der Waals surface area contributed by atoms with Crippen molar-refractivity contribution in [2.45, 2.75) is 20.5 Å². The Kier molecular flexibility index (Phi) is 5.79. The second-order valence-electron chi connectivity index (χ2n) is 3.58. The molecule has 1 heterocycles. The van der Waals surface area contributed by atoms with Gasteiger partial charge in [-0.05, 0) is 35.9 Å². The third-order valence-electron chi connectivity index (χ3n) is 2.48. The van der Waals surface area contributed by atoms with E-state index >= 15 is 0 Å². The van der Waals surface area contributed by atoms with E-state index < -0.39 is 6.67 Å². The number of hydrogen-bond acceptors (Lipinski definition) is 2. The highest BCUT2D eigenvalue weighted by atomic mass is 19.1. The Bertz CT molecular complexity index is 561. The highest BCUT2D eigenvalue weighted by molar-refractivity contribution is 5.38. The summed E-state index contributed by atoms with van der Waals surface area (Å²) in [7, 11) is 1.57. The molecule has 0 fully saturated rings. The molecule has 0 amide bonds. The fraction of sp³-hybridized carbons (Fsp3) is 0.267. The maximum atomic E-state index is 12.5. The van der Waals surface area contributed by atoms with Crippen LogP contribution in [0.1, 0.15) is 19.4 Å². The number of hydrogen-bond donors (Lipinski definition) is 0. The Morgan fingerprint density at radius 2 is 1.74 bits per heavy atom. The van der Waals surface area contributed by atoms with Crippen molar-refractivity contribution in [2.75, 3.05) is 7.11 Å². The number of methoxy groups -OCH3 is 1. The Morgan fingerprint density at radius 3 is 2.26 bits per heavy atom. The molecule has 0 saturated heterocycles. The molecule has 0 aliphatic carbocycles. The van der Waals surface area contributed by atoms with Crippen molar-refractivity contribution in [3.8, 4) is 11.4 Å². The Morgan fingerprint density at radius 1 is 1.11 bits per heavy atom. The Balaban J connectivity index is 0.000000861. The van der Waals surface area contributed by atoms with Crippen LogP contribution in [0.3, 0.4) is 0 Å². The van der Waals surface area contributed by atoms with Gasteiger partial charge in [-0.1, -0.05) is 13.8 Å². The van der Waals surface area contributed by atoms with Crippen molar-refractivity contribution in [3.63, 3.8) is 0 Å². The zero-order valence-electron chi connectivity index (χ0n) is 11.4. The monoisotopic (exact) mass is 263 g/mol. The highest BCUT2D eigenvalue weighted by Crippen LogP contribution is 2.14. The minimum atomic E-state index is -0.587. The first-order valence-corrected chi connectivity index (χ1v) is 6.16. The van der Waals surface area contributed by atoms with Crippen LogP contribution >= 0.6 is 0 Å². The molecule has 0 radical (unpaired) electrons. The molecule has 102 valence electrons. The van der Waals surface area contributed by atoms with Crippen LogP contribution < -0.4 is 10.3 Å². The zero-order chi connectivity index (χ0) is 14.3. The fourth-order valence-electron chi connectivity index (χ4n) is 1.55. The normalized spacial score (nSPS) is 9.47. The molecule has 3 nitrogen and oxygen atoms in total. The van der Waals surface area contributed by atoms with E-state index in [9.17, 15) is 9.18 Å². The molecule has 0 unspecified atom stereocenters. The van der Waals surface area contributed by atoms with Crippen LogP contribution in [0.25, 0.3) is 5.69 Å². The minimum Gasteiger partial charge on any atom is -0.497 e. The van der Waals surface area contributed by atoms with Crippen molar-refractivity contribution in [3.05, 3.63) is 58.5 Å². The molecule has 1 aromatic carbocycles. The summed E-state index contributed by atoms with van der Waals surface area (Å²) in [4.78, 5) is 11.7. The summed E-state index contributed by atoms with van der Waals surface area (Å²) in [5, 5.41) is 0. The number of ether oxygens (including phenoxy) is 1. The minimum absolute atomic E-state index is 0.188. The Labute approximate surface area is 112 Å². The Hall–Kier alpha value is -2.10. The van der Waals surface area contributed by atoms with E-state index in [1.165, 1.54) is 22.9 Å². The van der Waals surface area contributed by atoms with Gasteiger partial charge in [-0.3, -0.25) is 9.36 Å². The van der Waals surface area contributed by atoms with Gasteiger partial charge in [0.1, 0.15) is 12.4 Å². The predicted molar refractivity (Wildman–Crippen MR) is 74.8 cm³/mol. The van der Waals surface area contributed by atoms with E-state index in [1.54, 1.807) is 31.4 Å². The van der Waals surface area contributed by atoms with Crippen LogP contribution in [0.4, 0.5) is 4.39 Å². The fourth-order valence-corrected chi connectivity index (χ4v) is 1.55. The SMILES string of the molecule is CC.COc1ccc(-n2cc(CF)ccc2=O)cc1. The summed E-state index contributed by atoms with van der Waals surface area (Å²) in [6.45, 7) is 3.41. The van der Waals surface area contributed by atoms with E-state index in [1.807, 2.05) is 13.8 Å². The average molecular weight is 263 g/mol. The number of nitrogens with zero attached hydrogens (tertiary/aromatic N) is 1. The van der Waals surface area contributed by atoms with E-state index in [0.717, 1.165) is 0 Å². The first-order valence-electron chi connectivity index (χ1n) is 6.16. The van der Waals surface area contributed by atoms with Crippen molar-refractivity contribution >= 4 is 0 Å². The number of alkyl halides is 1. The van der Waals surface area contributed by atoms with Crippen LogP contribution in [-0.2, 0) is 6.67 Å². The molecule has 1 aromatic heterocycles. The largest absolute Gasteiger partial charge is 0.497 e. The summed E-state index contributed by atoms with van der Waals surface area (Å²) in [5.74, 6) is 0.712. The molecule has 0 bridgehead atoms. The molecule has 2 aromatic rings. The number of benzene rings is 1. The van der Waals surface area contributed by atoms with Gasteiger partial charge in [0.05, 0.1) is 7.11 Å². The third kappa shape index (κ3) is 3.68. The lowest BCUT2D eigenvalue weighted by atomic mass is 10.2. The topological polar surface area (TPSA) is 31.2 Å². The summed E-state index contributed by atoms with van der Waals surface area (Å²) < 4.78 is 19.0. The maximum Gasteiger partial charge on any atom is 0.255 e. The predicted octanol–water partition coefficient (Wildman–Crippen LogP) is 3.34. The van der Waals surface area contributed by atoms with Gasteiger partial charge in [0, 0.05) is 18.0 Å². The quantitative estimate of drug-likeness (QED) is 0.850. The maximum absolute atomic E-state index is 12.5. The first-order chi connectivity index (χ1) is 9.24. The van der Waals surface area contributed by atoms with Gasteiger partial charge >= 0.3 is 0 Å². The van der Waals surface area contributed by atoms with Crippen molar-refractivity contribution < 1.29 is 9.13 Å². The number of rotatable bonds is 3. The second kappa shape index (κ2) is 7.36. The van der Waals surface area contributed by atoms with E-state index in [2.05, 4.69) is 0 Å². The van der Waals surface area contributed by atoms with Gasteiger partial charge in [-0.15, -0.1) is 0 Å². The molecule has 0 atom stereocenters. The van der Waals surface area contributed by atoms with Gasteiger partial charge in [-0.25, -0.2) is 4.39 Å². The van der Waals surface area contributed by atoms with Crippen LogP contribution in [0.15, 0.2) is 47.4 Å². The molecule has 2 rings (SSSR count). The van der Waals surface area contributed by atoms with Gasteiger partial charge in [0.2, 0.25) is 0 Å². The molecule has 0 N–H and O–H groups in total. The van der Waals surface area contributed by atoms with Gasteiger partial charge in [0.15, 0.2) is 0 Å². The van der Waals surface area contributed by atoms with Crippen molar-refractivity contribution in [1.82, 2.24) is 4.57 Å². The van der Waals surface area contributed by atoms with Crippen LogP contribution in [0.5, 0.6) is 5.75 Å². The van der Waals surface area contributed by atoms with E-state index in [0.29, 0.717) is 17.0 Å². The third-order valence-corrected chi connectivity index (χ3v) is 2.48. The summed E-state index contributed by atoms with van der Waals surface area (Å²) in [5.41, 5.74) is 0.971. The van der Waals surface area contributed by atoms with E-state index in [4.69, 9.17) is 4.74 Å². The smallest absolute Gasteiger partial charge is 0.255 e.